The second kappa shape index (κ2) is 7.79. The van der Waals surface area contributed by atoms with E-state index in [9.17, 15) is 14.7 Å². The Morgan fingerprint density at radius 3 is 2.50 bits per heavy atom. The van der Waals surface area contributed by atoms with Crippen LogP contribution in [0.5, 0.6) is 0 Å². The van der Waals surface area contributed by atoms with Gasteiger partial charge in [-0.2, -0.15) is 0 Å². The van der Waals surface area contributed by atoms with Gasteiger partial charge >= 0.3 is 5.97 Å². The van der Waals surface area contributed by atoms with Crippen molar-refractivity contribution in [2.75, 3.05) is 11.4 Å². The molecule has 1 aliphatic heterocycles. The summed E-state index contributed by atoms with van der Waals surface area (Å²) in [5.41, 5.74) is 7.17. The van der Waals surface area contributed by atoms with Crippen LogP contribution in [0.3, 0.4) is 0 Å². The topological polar surface area (TPSA) is 75.4 Å². The van der Waals surface area contributed by atoms with Crippen LogP contribution in [-0.4, -0.2) is 33.1 Å². The fourth-order valence-electron chi connectivity index (χ4n) is 4.75. The normalized spacial score (nSPS) is 14.1. The Kier molecular flexibility index (Phi) is 4.93. The summed E-state index contributed by atoms with van der Waals surface area (Å²) in [5.74, 6) is 0.112. The quantitative estimate of drug-likeness (QED) is 0.570. The van der Waals surface area contributed by atoms with Crippen LogP contribution in [-0.2, 0) is 17.8 Å². The van der Waals surface area contributed by atoms with Crippen LogP contribution < -0.4 is 4.90 Å². The van der Waals surface area contributed by atoms with Gasteiger partial charge in [0.25, 0.3) is 5.91 Å². The van der Waals surface area contributed by atoms with Gasteiger partial charge in [0.2, 0.25) is 0 Å². The van der Waals surface area contributed by atoms with E-state index >= 15 is 0 Å². The van der Waals surface area contributed by atoms with Crippen LogP contribution in [0.1, 0.15) is 65.3 Å². The third kappa shape index (κ3) is 2.98. The molecule has 3 aromatic rings. The number of carbonyl (C=O) groups excluding carboxylic acids is 1. The molecule has 0 bridgehead atoms. The summed E-state index contributed by atoms with van der Waals surface area (Å²) in [5, 5.41) is 9.18. The van der Waals surface area contributed by atoms with E-state index in [1.54, 1.807) is 12.1 Å². The number of aryl methyl sites for hydroxylation is 1. The third-order valence-corrected chi connectivity index (χ3v) is 6.22. The molecule has 162 valence electrons. The molecule has 1 aliphatic carbocycles. The van der Waals surface area contributed by atoms with Crippen LogP contribution >= 0.6 is 0 Å². The first kappa shape index (κ1) is 20.2. The number of aromatic carboxylic acids is 1. The maximum Gasteiger partial charge on any atom is 0.335 e. The molecule has 32 heavy (non-hydrogen) atoms. The van der Waals surface area contributed by atoms with E-state index in [0.717, 1.165) is 64.3 Å². The van der Waals surface area contributed by atoms with Crippen molar-refractivity contribution in [1.82, 2.24) is 9.55 Å². The van der Waals surface area contributed by atoms with E-state index in [1.807, 2.05) is 35.4 Å². The maximum atomic E-state index is 13.3. The number of carboxylic acid groups (broad SMARTS) is 1. The van der Waals surface area contributed by atoms with Crippen molar-refractivity contribution in [3.63, 3.8) is 0 Å². The van der Waals surface area contributed by atoms with E-state index in [-0.39, 0.29) is 11.5 Å². The molecule has 0 unspecified atom stereocenters. The summed E-state index contributed by atoms with van der Waals surface area (Å²) in [7, 11) is 0. The summed E-state index contributed by atoms with van der Waals surface area (Å²) in [6, 6.07) is 13.1. The Morgan fingerprint density at radius 2 is 1.81 bits per heavy atom. The number of anilines is 1. The number of hydrogen-bond acceptors (Lipinski definition) is 3. The van der Waals surface area contributed by atoms with Crippen molar-refractivity contribution >= 4 is 28.7 Å². The molecule has 0 fully saturated rings. The molecule has 6 nitrogen and oxygen atoms in total. The van der Waals surface area contributed by atoms with Gasteiger partial charge in [-0.3, -0.25) is 4.79 Å². The minimum atomic E-state index is -0.934. The van der Waals surface area contributed by atoms with Gasteiger partial charge in [-0.05, 0) is 42.2 Å². The third-order valence-electron chi connectivity index (χ3n) is 6.22. The van der Waals surface area contributed by atoms with Gasteiger partial charge in [0, 0.05) is 30.6 Å². The molecule has 0 radical (unpaired) electrons. The monoisotopic (exact) mass is 427 g/mol. The molecule has 0 saturated heterocycles. The molecule has 2 aromatic carbocycles. The lowest BCUT2D eigenvalue weighted by Crippen LogP contribution is -2.27. The number of rotatable bonds is 8. The Labute approximate surface area is 186 Å². The second-order valence-electron chi connectivity index (χ2n) is 8.30. The highest BCUT2D eigenvalue weighted by molar-refractivity contribution is 6.44. The van der Waals surface area contributed by atoms with Crippen LogP contribution in [0.25, 0.3) is 11.1 Å². The molecule has 5 rings (SSSR count). The van der Waals surface area contributed by atoms with Crippen molar-refractivity contribution < 1.29 is 14.7 Å². The Hall–Kier alpha value is -3.67. The Bertz CT molecular complexity index is 1270. The number of carboxylic acids is 1. The zero-order valence-corrected chi connectivity index (χ0v) is 18.3. The van der Waals surface area contributed by atoms with Gasteiger partial charge in [0.1, 0.15) is 5.82 Å². The number of amides is 1. The molecule has 0 saturated carbocycles. The van der Waals surface area contributed by atoms with Crippen LogP contribution in [0.2, 0.25) is 0 Å². The lowest BCUT2D eigenvalue weighted by molar-refractivity contribution is -0.113. The van der Waals surface area contributed by atoms with Crippen LogP contribution in [0, 0.1) is 0 Å². The van der Waals surface area contributed by atoms with E-state index < -0.39 is 5.97 Å². The number of benzene rings is 2. The molecule has 6 heteroatoms. The van der Waals surface area contributed by atoms with Gasteiger partial charge in [-0.25, -0.2) is 9.78 Å². The summed E-state index contributed by atoms with van der Waals surface area (Å²) >= 11 is 0. The Balaban J connectivity index is 1.58. The van der Waals surface area contributed by atoms with Crippen molar-refractivity contribution in [2.45, 2.75) is 39.7 Å². The zero-order chi connectivity index (χ0) is 22.4. The van der Waals surface area contributed by atoms with Crippen molar-refractivity contribution in [3.8, 4) is 0 Å². The summed E-state index contributed by atoms with van der Waals surface area (Å²) < 4.78 is 2.17. The minimum absolute atomic E-state index is 0.0751. The highest BCUT2D eigenvalue weighted by Crippen LogP contribution is 2.53. The zero-order valence-electron chi connectivity index (χ0n) is 18.3. The average Bonchev–Trinajstić information content (AvgIpc) is 3.27. The summed E-state index contributed by atoms with van der Waals surface area (Å²) in [6.07, 6.45) is 4.58. The first-order valence-corrected chi connectivity index (χ1v) is 11.1. The molecular formula is C26H25N3O3. The van der Waals surface area contributed by atoms with E-state index in [1.165, 1.54) is 0 Å². The van der Waals surface area contributed by atoms with Crippen LogP contribution in [0.15, 0.2) is 48.7 Å². The van der Waals surface area contributed by atoms with E-state index in [4.69, 9.17) is 4.98 Å². The number of nitrogens with zero attached hydrogens (tertiary/aromatic N) is 3. The largest absolute Gasteiger partial charge is 0.478 e. The maximum absolute atomic E-state index is 13.3. The summed E-state index contributed by atoms with van der Waals surface area (Å²) in [6.45, 7) is 5.49. The predicted molar refractivity (Wildman–Crippen MR) is 124 cm³/mol. The first-order valence-electron chi connectivity index (χ1n) is 11.1. The molecule has 0 spiro atoms. The fourth-order valence-corrected chi connectivity index (χ4v) is 4.75. The van der Waals surface area contributed by atoms with Gasteiger partial charge in [0.15, 0.2) is 0 Å². The van der Waals surface area contributed by atoms with Gasteiger partial charge in [0.05, 0.1) is 28.7 Å². The molecule has 1 N–H and O–H groups in total. The van der Waals surface area contributed by atoms with E-state index in [0.29, 0.717) is 13.1 Å². The van der Waals surface area contributed by atoms with Crippen molar-refractivity contribution in [3.05, 3.63) is 82.4 Å². The molecule has 1 aromatic heterocycles. The number of hydrogen-bond donors (Lipinski definition) is 1. The SMILES string of the molecule is CCCc1ncc(C2=C3C(=O)N(CCC)c4cccc2c43)n1Cc1ccc(C(=O)O)cc1. The minimum Gasteiger partial charge on any atom is -0.478 e. The number of aromatic nitrogens is 2. The Morgan fingerprint density at radius 1 is 1.03 bits per heavy atom. The molecule has 0 atom stereocenters. The lowest BCUT2D eigenvalue weighted by atomic mass is 9.79. The smallest absolute Gasteiger partial charge is 0.335 e. The lowest BCUT2D eigenvalue weighted by Gasteiger charge is -2.24. The number of carbonyl (C=O) groups is 2. The molecule has 2 aliphatic rings. The summed E-state index contributed by atoms with van der Waals surface area (Å²) in [4.78, 5) is 31.1. The standard InChI is InChI=1S/C26H25N3O3/c1-3-6-21-27-14-20(29(21)15-16-9-11-17(12-10-16)26(31)32)23-18-7-5-8-19-22(18)24(23)25(30)28(19)13-4-2/h5,7-12,14H,3-4,6,13,15H2,1-2H3,(H,31,32). The predicted octanol–water partition coefficient (Wildman–Crippen LogP) is 4.61. The highest BCUT2D eigenvalue weighted by atomic mass is 16.4. The van der Waals surface area contributed by atoms with Crippen molar-refractivity contribution in [1.29, 1.82) is 0 Å². The van der Waals surface area contributed by atoms with Gasteiger partial charge in [-0.15, -0.1) is 0 Å². The average molecular weight is 428 g/mol. The fraction of sp³-hybridized carbons (Fsp3) is 0.269. The molecule has 2 heterocycles. The molecule has 1 amide bonds. The van der Waals surface area contributed by atoms with Crippen LogP contribution in [0.4, 0.5) is 5.69 Å². The van der Waals surface area contributed by atoms with Crippen molar-refractivity contribution in [2.24, 2.45) is 0 Å². The van der Waals surface area contributed by atoms with Gasteiger partial charge in [-0.1, -0.05) is 38.1 Å². The highest BCUT2D eigenvalue weighted by Gasteiger charge is 2.44. The van der Waals surface area contributed by atoms with E-state index in [2.05, 4.69) is 24.5 Å². The molecular weight excluding hydrogens is 402 g/mol. The van der Waals surface area contributed by atoms with Gasteiger partial charge < -0.3 is 14.6 Å². The number of imidazole rings is 1. The first-order chi connectivity index (χ1) is 15.5. The second-order valence-corrected chi connectivity index (χ2v) is 8.30.